The molecule has 0 aliphatic carbocycles. The molecule has 1 saturated heterocycles. The normalized spacial score (nSPS) is 15.4. The molecule has 1 aromatic carbocycles. The van der Waals surface area contributed by atoms with Gasteiger partial charge in [0.05, 0.1) is 0 Å². The van der Waals surface area contributed by atoms with E-state index in [1.807, 2.05) is 41.3 Å². The summed E-state index contributed by atoms with van der Waals surface area (Å²) >= 11 is 0. The summed E-state index contributed by atoms with van der Waals surface area (Å²) in [6.07, 6.45) is 5.50. The SMILES string of the molecule is CCCN(C(=O)c1cccc(OCc2cccnc2)c1)C1CCNC1.Cl.Cl. The number of hydrogen-bond donors (Lipinski definition) is 1. The zero-order valence-corrected chi connectivity index (χ0v) is 17.1. The van der Waals surface area contributed by atoms with Crippen LogP contribution in [0.25, 0.3) is 0 Å². The molecule has 0 radical (unpaired) electrons. The lowest BCUT2D eigenvalue weighted by atomic mass is 10.1. The molecule has 1 amide bonds. The Kier molecular flexibility index (Phi) is 10.1. The largest absolute Gasteiger partial charge is 0.489 e. The molecule has 0 bridgehead atoms. The molecule has 27 heavy (non-hydrogen) atoms. The maximum atomic E-state index is 13.0. The Hall–Kier alpha value is -1.82. The van der Waals surface area contributed by atoms with Gasteiger partial charge >= 0.3 is 0 Å². The van der Waals surface area contributed by atoms with E-state index in [9.17, 15) is 4.79 Å². The zero-order valence-electron chi connectivity index (χ0n) is 15.5. The topological polar surface area (TPSA) is 54.5 Å². The quantitative estimate of drug-likeness (QED) is 0.753. The number of halogens is 2. The predicted molar refractivity (Wildman–Crippen MR) is 112 cm³/mol. The highest BCUT2D eigenvalue weighted by molar-refractivity contribution is 5.94. The first-order valence-corrected chi connectivity index (χ1v) is 8.91. The van der Waals surface area contributed by atoms with Gasteiger partial charge in [-0.1, -0.05) is 19.1 Å². The van der Waals surface area contributed by atoms with E-state index in [1.54, 1.807) is 12.4 Å². The molecule has 0 saturated carbocycles. The molecule has 0 spiro atoms. The molecule has 1 N–H and O–H groups in total. The lowest BCUT2D eigenvalue weighted by Crippen LogP contribution is -2.42. The number of nitrogens with zero attached hydrogens (tertiary/aromatic N) is 2. The van der Waals surface area contributed by atoms with Crippen molar-refractivity contribution in [2.75, 3.05) is 19.6 Å². The van der Waals surface area contributed by atoms with Gasteiger partial charge in [0, 0.05) is 42.7 Å². The third kappa shape index (κ3) is 6.38. The second kappa shape index (κ2) is 11.8. The van der Waals surface area contributed by atoms with Crippen molar-refractivity contribution < 1.29 is 9.53 Å². The maximum Gasteiger partial charge on any atom is 0.254 e. The minimum atomic E-state index is 0. The molecule has 2 aromatic rings. The van der Waals surface area contributed by atoms with E-state index in [-0.39, 0.29) is 36.8 Å². The van der Waals surface area contributed by atoms with Crippen molar-refractivity contribution in [1.82, 2.24) is 15.2 Å². The van der Waals surface area contributed by atoms with E-state index in [2.05, 4.69) is 17.2 Å². The maximum absolute atomic E-state index is 13.0. The van der Waals surface area contributed by atoms with Crippen LogP contribution in [0.4, 0.5) is 0 Å². The van der Waals surface area contributed by atoms with Crippen LogP contribution in [-0.4, -0.2) is 41.5 Å². The Morgan fingerprint density at radius 1 is 1.30 bits per heavy atom. The number of nitrogens with one attached hydrogen (secondary N) is 1. The van der Waals surface area contributed by atoms with Gasteiger partial charge in [-0.25, -0.2) is 0 Å². The van der Waals surface area contributed by atoms with Gasteiger partial charge < -0.3 is 15.0 Å². The lowest BCUT2D eigenvalue weighted by molar-refractivity contribution is 0.0691. The van der Waals surface area contributed by atoms with Gasteiger partial charge in [0.25, 0.3) is 5.91 Å². The number of hydrogen-bond acceptors (Lipinski definition) is 4. The first-order valence-electron chi connectivity index (χ1n) is 8.91. The van der Waals surface area contributed by atoms with Gasteiger partial charge in [-0.3, -0.25) is 9.78 Å². The van der Waals surface area contributed by atoms with Crippen LogP contribution in [0.5, 0.6) is 5.75 Å². The first kappa shape index (κ1) is 23.2. The summed E-state index contributed by atoms with van der Waals surface area (Å²) in [6.45, 7) is 5.19. The number of ether oxygens (including phenoxy) is 1. The summed E-state index contributed by atoms with van der Waals surface area (Å²) in [5.41, 5.74) is 1.69. The van der Waals surface area contributed by atoms with Gasteiger partial charge in [-0.15, -0.1) is 24.8 Å². The van der Waals surface area contributed by atoms with Gasteiger partial charge in [0.2, 0.25) is 0 Å². The Balaban J connectivity index is 0.00000182. The third-order valence-corrected chi connectivity index (χ3v) is 4.41. The molecule has 1 aliphatic heterocycles. The van der Waals surface area contributed by atoms with E-state index < -0.39 is 0 Å². The van der Waals surface area contributed by atoms with Crippen molar-refractivity contribution in [2.45, 2.75) is 32.4 Å². The second-order valence-corrected chi connectivity index (χ2v) is 6.32. The standard InChI is InChI=1S/C20H25N3O2.2ClH/c1-2-11-23(18-8-10-22-14-18)20(24)17-6-3-7-19(12-17)25-15-16-5-4-9-21-13-16;;/h3-7,9,12-13,18,22H,2,8,10-11,14-15H2,1H3;2*1H. The summed E-state index contributed by atoms with van der Waals surface area (Å²) < 4.78 is 5.82. The van der Waals surface area contributed by atoms with Crippen LogP contribution in [0.1, 0.15) is 35.7 Å². The van der Waals surface area contributed by atoms with Crippen LogP contribution >= 0.6 is 24.8 Å². The minimum absolute atomic E-state index is 0. The molecular formula is C20H27Cl2N3O2. The molecule has 1 aliphatic rings. The van der Waals surface area contributed by atoms with Crippen LogP contribution < -0.4 is 10.1 Å². The summed E-state index contributed by atoms with van der Waals surface area (Å²) in [6, 6.07) is 11.6. The molecule has 1 unspecified atom stereocenters. The van der Waals surface area contributed by atoms with E-state index in [0.717, 1.165) is 38.0 Å². The predicted octanol–water partition coefficient (Wildman–Crippen LogP) is 3.72. The van der Waals surface area contributed by atoms with Crippen LogP contribution in [0.3, 0.4) is 0 Å². The molecule has 1 atom stereocenters. The van der Waals surface area contributed by atoms with Crippen LogP contribution in [0.2, 0.25) is 0 Å². The average molecular weight is 412 g/mol. The summed E-state index contributed by atoms with van der Waals surface area (Å²) in [5, 5.41) is 3.34. The highest BCUT2D eigenvalue weighted by Crippen LogP contribution is 2.19. The molecule has 3 rings (SSSR count). The fraction of sp³-hybridized carbons (Fsp3) is 0.400. The van der Waals surface area contributed by atoms with E-state index in [1.165, 1.54) is 0 Å². The Labute approximate surface area is 173 Å². The Morgan fingerprint density at radius 3 is 2.81 bits per heavy atom. The van der Waals surface area contributed by atoms with Gasteiger partial charge in [-0.05, 0) is 43.7 Å². The Bertz CT molecular complexity index is 695. The minimum Gasteiger partial charge on any atom is -0.489 e. The molecule has 1 fully saturated rings. The monoisotopic (exact) mass is 411 g/mol. The van der Waals surface area contributed by atoms with E-state index in [0.29, 0.717) is 17.9 Å². The van der Waals surface area contributed by atoms with Gasteiger partial charge in [-0.2, -0.15) is 0 Å². The molecular weight excluding hydrogens is 385 g/mol. The van der Waals surface area contributed by atoms with Crippen LogP contribution in [0, 0.1) is 0 Å². The molecule has 2 heterocycles. The number of pyridine rings is 1. The smallest absolute Gasteiger partial charge is 0.254 e. The number of carbonyl (C=O) groups is 1. The highest BCUT2D eigenvalue weighted by atomic mass is 35.5. The highest BCUT2D eigenvalue weighted by Gasteiger charge is 2.26. The molecule has 1 aromatic heterocycles. The second-order valence-electron chi connectivity index (χ2n) is 6.32. The van der Waals surface area contributed by atoms with Crippen molar-refractivity contribution >= 4 is 30.7 Å². The number of amides is 1. The van der Waals surface area contributed by atoms with Crippen LogP contribution in [-0.2, 0) is 6.61 Å². The summed E-state index contributed by atoms with van der Waals surface area (Å²) in [7, 11) is 0. The molecule has 7 heteroatoms. The van der Waals surface area contributed by atoms with E-state index >= 15 is 0 Å². The van der Waals surface area contributed by atoms with Crippen molar-refractivity contribution in [1.29, 1.82) is 0 Å². The van der Waals surface area contributed by atoms with Crippen LogP contribution in [0.15, 0.2) is 48.8 Å². The fourth-order valence-electron chi connectivity index (χ4n) is 3.13. The fourth-order valence-corrected chi connectivity index (χ4v) is 3.13. The summed E-state index contributed by atoms with van der Waals surface area (Å²) in [5.74, 6) is 0.790. The van der Waals surface area contributed by atoms with Crippen molar-refractivity contribution in [3.63, 3.8) is 0 Å². The first-order chi connectivity index (χ1) is 12.3. The van der Waals surface area contributed by atoms with E-state index in [4.69, 9.17) is 4.74 Å². The van der Waals surface area contributed by atoms with Gasteiger partial charge in [0.15, 0.2) is 0 Å². The van der Waals surface area contributed by atoms with Crippen molar-refractivity contribution in [3.8, 4) is 5.75 Å². The van der Waals surface area contributed by atoms with Crippen molar-refractivity contribution in [3.05, 3.63) is 59.9 Å². The summed E-state index contributed by atoms with van der Waals surface area (Å²) in [4.78, 5) is 19.1. The number of benzene rings is 1. The molecule has 148 valence electrons. The Morgan fingerprint density at radius 2 is 2.15 bits per heavy atom. The third-order valence-electron chi connectivity index (χ3n) is 4.41. The van der Waals surface area contributed by atoms with Gasteiger partial charge in [0.1, 0.15) is 12.4 Å². The van der Waals surface area contributed by atoms with Crippen molar-refractivity contribution in [2.24, 2.45) is 0 Å². The lowest BCUT2D eigenvalue weighted by Gasteiger charge is -2.28. The number of rotatable bonds is 7. The average Bonchev–Trinajstić information content (AvgIpc) is 3.19. The number of aromatic nitrogens is 1. The molecule has 5 nitrogen and oxygen atoms in total. The zero-order chi connectivity index (χ0) is 17.5. The number of carbonyl (C=O) groups excluding carboxylic acids is 1.